The fourth-order valence-corrected chi connectivity index (χ4v) is 2.95. The van der Waals surface area contributed by atoms with Crippen molar-refractivity contribution in [3.8, 4) is 5.69 Å². The zero-order valence-electron chi connectivity index (χ0n) is 13.3. The van der Waals surface area contributed by atoms with E-state index in [4.69, 9.17) is 11.6 Å². The van der Waals surface area contributed by atoms with Gasteiger partial charge in [-0.2, -0.15) is 0 Å². The van der Waals surface area contributed by atoms with E-state index in [-0.39, 0.29) is 5.78 Å². The second kappa shape index (κ2) is 6.11. The molecular formula is C19H13ClN4O. The minimum Gasteiger partial charge on any atom is -0.287 e. The van der Waals surface area contributed by atoms with Crippen molar-refractivity contribution < 1.29 is 4.79 Å². The number of ketones is 1. The molecule has 0 aliphatic rings. The smallest absolute Gasteiger partial charge is 0.215 e. The van der Waals surface area contributed by atoms with Crippen LogP contribution in [0.5, 0.6) is 0 Å². The van der Waals surface area contributed by atoms with Crippen LogP contribution in [0.25, 0.3) is 16.6 Å². The number of hydrogen-bond acceptors (Lipinski definition) is 4. The molecule has 0 bridgehead atoms. The Morgan fingerprint density at radius 3 is 2.68 bits per heavy atom. The second-order valence-electron chi connectivity index (χ2n) is 5.62. The molecule has 0 spiro atoms. The average molecular weight is 349 g/mol. The molecule has 0 N–H and O–H groups in total. The summed E-state index contributed by atoms with van der Waals surface area (Å²) in [5.74, 6) is -0.147. The molecule has 0 unspecified atom stereocenters. The van der Waals surface area contributed by atoms with Crippen molar-refractivity contribution >= 4 is 28.3 Å². The molecule has 2 aromatic heterocycles. The zero-order chi connectivity index (χ0) is 17.4. The summed E-state index contributed by atoms with van der Waals surface area (Å²) in [6.45, 7) is 1.83. The number of pyridine rings is 1. The molecule has 122 valence electrons. The Morgan fingerprint density at radius 2 is 1.88 bits per heavy atom. The van der Waals surface area contributed by atoms with Crippen LogP contribution in [0.1, 0.15) is 21.7 Å². The highest BCUT2D eigenvalue weighted by Gasteiger charge is 2.19. The Hall–Kier alpha value is -3.05. The third kappa shape index (κ3) is 2.68. The van der Waals surface area contributed by atoms with E-state index in [9.17, 15) is 4.79 Å². The number of carbonyl (C=O) groups is 1. The molecule has 6 heteroatoms. The quantitative estimate of drug-likeness (QED) is 0.525. The van der Waals surface area contributed by atoms with Gasteiger partial charge in [0.2, 0.25) is 5.78 Å². The van der Waals surface area contributed by atoms with E-state index in [0.717, 1.165) is 16.6 Å². The van der Waals surface area contributed by atoms with E-state index in [2.05, 4.69) is 15.3 Å². The molecule has 0 saturated carbocycles. The molecule has 4 aromatic rings. The van der Waals surface area contributed by atoms with Gasteiger partial charge in [-0.3, -0.25) is 9.78 Å². The molecule has 2 heterocycles. The van der Waals surface area contributed by atoms with Gasteiger partial charge in [0.25, 0.3) is 0 Å². The van der Waals surface area contributed by atoms with Gasteiger partial charge in [-0.1, -0.05) is 47.1 Å². The SMILES string of the molecule is Cc1c(C(=O)c2ccccc2)nnn1-c1ccnc2cc(Cl)ccc12. The zero-order valence-corrected chi connectivity index (χ0v) is 14.1. The number of aromatic nitrogens is 4. The molecule has 2 aromatic carbocycles. The minimum atomic E-state index is -0.147. The van der Waals surface area contributed by atoms with Crippen LogP contribution in [-0.2, 0) is 0 Å². The van der Waals surface area contributed by atoms with Crippen LogP contribution in [-0.4, -0.2) is 25.8 Å². The van der Waals surface area contributed by atoms with Gasteiger partial charge < -0.3 is 0 Å². The monoisotopic (exact) mass is 348 g/mol. The number of carbonyl (C=O) groups excluding carboxylic acids is 1. The predicted molar refractivity (Wildman–Crippen MR) is 96.3 cm³/mol. The van der Waals surface area contributed by atoms with E-state index in [0.29, 0.717) is 22.0 Å². The van der Waals surface area contributed by atoms with Crippen LogP contribution in [0.4, 0.5) is 0 Å². The molecule has 25 heavy (non-hydrogen) atoms. The lowest BCUT2D eigenvalue weighted by Gasteiger charge is -2.07. The highest BCUT2D eigenvalue weighted by Crippen LogP contribution is 2.25. The Labute approximate surface area is 148 Å². The Bertz CT molecular complexity index is 1090. The maximum Gasteiger partial charge on any atom is 0.215 e. The van der Waals surface area contributed by atoms with Gasteiger partial charge >= 0.3 is 0 Å². The summed E-state index contributed by atoms with van der Waals surface area (Å²) < 4.78 is 1.66. The van der Waals surface area contributed by atoms with Crippen molar-refractivity contribution in [2.45, 2.75) is 6.92 Å². The molecule has 0 radical (unpaired) electrons. The second-order valence-corrected chi connectivity index (χ2v) is 6.06. The van der Waals surface area contributed by atoms with E-state index in [1.807, 2.05) is 37.3 Å². The van der Waals surface area contributed by atoms with Crippen LogP contribution in [0.15, 0.2) is 60.8 Å². The Kier molecular flexibility index (Phi) is 3.78. The summed E-state index contributed by atoms with van der Waals surface area (Å²) in [7, 11) is 0. The van der Waals surface area contributed by atoms with E-state index in [1.165, 1.54) is 0 Å². The van der Waals surface area contributed by atoms with Crippen LogP contribution in [0.2, 0.25) is 5.02 Å². The minimum absolute atomic E-state index is 0.147. The molecule has 0 saturated heterocycles. The van der Waals surface area contributed by atoms with Crippen molar-refractivity contribution in [1.82, 2.24) is 20.0 Å². The van der Waals surface area contributed by atoms with Gasteiger partial charge in [-0.15, -0.1) is 5.10 Å². The van der Waals surface area contributed by atoms with Crippen molar-refractivity contribution in [2.24, 2.45) is 0 Å². The molecule has 0 amide bonds. The Balaban J connectivity index is 1.84. The standard InChI is InChI=1S/C19H13ClN4O/c1-12-18(19(25)13-5-3-2-4-6-13)22-23-24(12)17-9-10-21-16-11-14(20)7-8-15(16)17/h2-11H,1H3. The Morgan fingerprint density at radius 1 is 1.08 bits per heavy atom. The average Bonchev–Trinajstić information content (AvgIpc) is 3.02. The number of benzene rings is 2. The van der Waals surface area contributed by atoms with E-state index < -0.39 is 0 Å². The first-order valence-corrected chi connectivity index (χ1v) is 8.09. The maximum atomic E-state index is 12.7. The summed E-state index contributed by atoms with van der Waals surface area (Å²) in [5.41, 5.74) is 3.17. The first-order valence-electron chi connectivity index (χ1n) is 7.72. The lowest BCUT2D eigenvalue weighted by molar-refractivity contribution is 0.103. The third-order valence-electron chi connectivity index (χ3n) is 4.06. The van der Waals surface area contributed by atoms with Crippen molar-refractivity contribution in [3.05, 3.63) is 82.8 Å². The van der Waals surface area contributed by atoms with Crippen molar-refractivity contribution in [2.75, 3.05) is 0 Å². The molecular weight excluding hydrogens is 336 g/mol. The predicted octanol–water partition coefficient (Wildman–Crippen LogP) is 4.01. The number of halogens is 1. The van der Waals surface area contributed by atoms with Crippen LogP contribution < -0.4 is 0 Å². The number of nitrogens with zero attached hydrogens (tertiary/aromatic N) is 4. The molecule has 5 nitrogen and oxygen atoms in total. The largest absolute Gasteiger partial charge is 0.287 e. The number of fused-ring (bicyclic) bond motifs is 1. The first kappa shape index (κ1) is 15.5. The van der Waals surface area contributed by atoms with Crippen LogP contribution >= 0.6 is 11.6 Å². The topological polar surface area (TPSA) is 60.7 Å². The summed E-state index contributed by atoms with van der Waals surface area (Å²) >= 11 is 6.04. The van der Waals surface area contributed by atoms with Gasteiger partial charge in [-0.25, -0.2) is 4.68 Å². The van der Waals surface area contributed by atoms with Gasteiger partial charge in [0.05, 0.1) is 16.9 Å². The lowest BCUT2D eigenvalue weighted by atomic mass is 10.1. The van der Waals surface area contributed by atoms with Gasteiger partial charge in [0, 0.05) is 22.2 Å². The van der Waals surface area contributed by atoms with Crippen molar-refractivity contribution in [3.63, 3.8) is 0 Å². The fraction of sp³-hybridized carbons (Fsp3) is 0.0526. The highest BCUT2D eigenvalue weighted by atomic mass is 35.5. The molecule has 4 rings (SSSR count). The van der Waals surface area contributed by atoms with Gasteiger partial charge in [0.15, 0.2) is 5.69 Å². The van der Waals surface area contributed by atoms with E-state index in [1.54, 1.807) is 35.1 Å². The normalized spacial score (nSPS) is 11.0. The van der Waals surface area contributed by atoms with Crippen LogP contribution in [0, 0.1) is 6.92 Å². The number of hydrogen-bond donors (Lipinski definition) is 0. The lowest BCUT2D eigenvalue weighted by Crippen LogP contribution is -2.05. The molecule has 0 aliphatic heterocycles. The van der Waals surface area contributed by atoms with Gasteiger partial charge in [-0.05, 0) is 31.2 Å². The summed E-state index contributed by atoms with van der Waals surface area (Å²) in [5, 5.41) is 9.81. The highest BCUT2D eigenvalue weighted by molar-refractivity contribution is 6.31. The van der Waals surface area contributed by atoms with Crippen LogP contribution in [0.3, 0.4) is 0 Å². The molecule has 0 fully saturated rings. The molecule has 0 atom stereocenters. The molecule has 0 aliphatic carbocycles. The third-order valence-corrected chi connectivity index (χ3v) is 4.29. The number of rotatable bonds is 3. The summed E-state index contributed by atoms with van der Waals surface area (Å²) in [6, 6.07) is 16.4. The van der Waals surface area contributed by atoms with Gasteiger partial charge in [0.1, 0.15) is 0 Å². The summed E-state index contributed by atoms with van der Waals surface area (Å²) in [4.78, 5) is 17.0. The first-order chi connectivity index (χ1) is 12.1. The maximum absolute atomic E-state index is 12.7. The summed E-state index contributed by atoms with van der Waals surface area (Å²) in [6.07, 6.45) is 1.69. The van der Waals surface area contributed by atoms with E-state index >= 15 is 0 Å². The fourth-order valence-electron chi connectivity index (χ4n) is 2.78. The van der Waals surface area contributed by atoms with Crippen molar-refractivity contribution in [1.29, 1.82) is 0 Å².